The maximum absolute atomic E-state index is 6.75. The summed E-state index contributed by atoms with van der Waals surface area (Å²) in [7, 11) is 0. The van der Waals surface area contributed by atoms with Crippen LogP contribution in [0.25, 0.3) is 106 Å². The Bertz CT molecular complexity index is 3340. The fraction of sp³-hybridized carbons (Fsp3) is 0.0189. The predicted octanol–water partition coefficient (Wildman–Crippen LogP) is 13.2. The van der Waals surface area contributed by atoms with Gasteiger partial charge in [0.2, 0.25) is 0 Å². The average Bonchev–Trinajstić information content (AvgIpc) is 3.71. The Balaban J connectivity index is 0.951. The molecule has 1 unspecified atom stereocenters. The van der Waals surface area contributed by atoms with Gasteiger partial charge in [0, 0.05) is 49.5 Å². The molecule has 0 saturated heterocycles. The van der Waals surface area contributed by atoms with Gasteiger partial charge in [-0.3, -0.25) is 0 Å². The van der Waals surface area contributed by atoms with Crippen molar-refractivity contribution in [2.45, 2.75) is 6.04 Å². The number of thiol groups is 1. The number of fused-ring (bicyclic) bond motifs is 6. The van der Waals surface area contributed by atoms with E-state index in [1.165, 1.54) is 0 Å². The Morgan fingerprint density at radius 2 is 1.13 bits per heavy atom. The van der Waals surface area contributed by atoms with E-state index in [2.05, 4.69) is 145 Å². The molecule has 0 amide bonds. The van der Waals surface area contributed by atoms with Gasteiger partial charge in [0.1, 0.15) is 11.2 Å². The summed E-state index contributed by atoms with van der Waals surface area (Å²) in [6, 6.07) is 60.1. The molecule has 2 N–H and O–H groups in total. The van der Waals surface area contributed by atoms with Crippen LogP contribution < -0.4 is 5.73 Å². The van der Waals surface area contributed by atoms with Crippen molar-refractivity contribution in [3.05, 3.63) is 193 Å². The summed E-state index contributed by atoms with van der Waals surface area (Å²) in [5, 5.41) is 3.25. The summed E-state index contributed by atoms with van der Waals surface area (Å²) in [5.41, 5.74) is 23.0. The third-order valence-electron chi connectivity index (χ3n) is 11.4. The van der Waals surface area contributed by atoms with Crippen LogP contribution in [0.15, 0.2) is 191 Å². The van der Waals surface area contributed by atoms with Crippen molar-refractivity contribution in [2.75, 3.05) is 0 Å². The fourth-order valence-electron chi connectivity index (χ4n) is 8.42. The Morgan fingerprint density at radius 3 is 1.95 bits per heavy atom. The number of hydrogen-bond donors (Lipinski definition) is 2. The molecule has 7 aromatic carbocycles. The number of aromatic nitrogens is 3. The molecule has 1 aliphatic carbocycles. The molecule has 10 aromatic rings. The summed E-state index contributed by atoms with van der Waals surface area (Å²) >= 11 is 4.19. The third kappa shape index (κ3) is 6.19. The quantitative estimate of drug-likeness (QED) is 0.164. The van der Waals surface area contributed by atoms with Gasteiger partial charge in [0.05, 0.1) is 34.4 Å². The number of furan rings is 1. The van der Waals surface area contributed by atoms with Gasteiger partial charge in [-0.2, -0.15) is 0 Å². The van der Waals surface area contributed by atoms with E-state index < -0.39 is 6.04 Å². The number of para-hydroxylation sites is 3. The van der Waals surface area contributed by atoms with Gasteiger partial charge in [0.25, 0.3) is 0 Å². The largest absolute Gasteiger partial charge is 0.455 e. The van der Waals surface area contributed by atoms with E-state index in [9.17, 15) is 0 Å². The molecule has 11 rings (SSSR count). The van der Waals surface area contributed by atoms with Gasteiger partial charge in [-0.05, 0) is 65.4 Å². The molecule has 7 heteroatoms. The zero-order valence-electron chi connectivity index (χ0n) is 32.2. The van der Waals surface area contributed by atoms with E-state index >= 15 is 0 Å². The highest BCUT2D eigenvalue weighted by atomic mass is 32.1. The Hall–Kier alpha value is -7.45. The summed E-state index contributed by atoms with van der Waals surface area (Å²) < 4.78 is 10.5. The summed E-state index contributed by atoms with van der Waals surface area (Å²) in [4.78, 5) is 15.4. The van der Waals surface area contributed by atoms with E-state index in [0.717, 1.165) is 111 Å². The van der Waals surface area contributed by atoms with Crippen LogP contribution in [0.5, 0.6) is 0 Å². The van der Waals surface area contributed by atoms with Crippen molar-refractivity contribution >= 4 is 57.4 Å². The van der Waals surface area contributed by atoms with E-state index in [0.29, 0.717) is 5.82 Å². The van der Waals surface area contributed by atoms with Gasteiger partial charge in [-0.1, -0.05) is 158 Å². The van der Waals surface area contributed by atoms with Crippen LogP contribution in [0.2, 0.25) is 0 Å². The van der Waals surface area contributed by atoms with Gasteiger partial charge in [0.15, 0.2) is 5.82 Å². The second-order valence-corrected chi connectivity index (χ2v) is 15.2. The molecular weight excluding hydrogens is 755 g/mol. The maximum atomic E-state index is 6.75. The number of hydrogen-bond acceptors (Lipinski definition) is 7. The molecule has 3 aromatic heterocycles. The van der Waals surface area contributed by atoms with Gasteiger partial charge >= 0.3 is 0 Å². The lowest BCUT2D eigenvalue weighted by molar-refractivity contribution is 0.670. The van der Waals surface area contributed by atoms with Gasteiger partial charge in [-0.15, -0.1) is 0 Å². The van der Waals surface area contributed by atoms with Crippen molar-refractivity contribution in [1.82, 2.24) is 15.0 Å². The number of benzene rings is 7. The van der Waals surface area contributed by atoms with E-state index in [1.54, 1.807) is 0 Å². The van der Waals surface area contributed by atoms with Crippen LogP contribution in [0.4, 0.5) is 0 Å². The van der Waals surface area contributed by atoms with E-state index in [-0.39, 0.29) is 0 Å². The molecule has 1 aliphatic rings. The molecule has 6 nitrogen and oxygen atoms in total. The highest BCUT2D eigenvalue weighted by molar-refractivity contribution is 7.79. The summed E-state index contributed by atoms with van der Waals surface area (Å²) in [6.45, 7) is 0. The number of nitrogens with zero attached hydrogens (tertiary/aromatic N) is 4. The van der Waals surface area contributed by atoms with Crippen molar-refractivity contribution in [1.29, 1.82) is 0 Å². The molecule has 284 valence electrons. The Morgan fingerprint density at radius 1 is 0.500 bits per heavy atom. The molecule has 0 radical (unpaired) electrons. The summed E-state index contributed by atoms with van der Waals surface area (Å²) in [5.74, 6) is 0.668. The zero-order valence-corrected chi connectivity index (χ0v) is 33.1. The van der Waals surface area contributed by atoms with Crippen LogP contribution in [0, 0.1) is 0 Å². The molecule has 60 heavy (non-hydrogen) atoms. The van der Waals surface area contributed by atoms with Crippen LogP contribution >= 0.6 is 12.8 Å². The van der Waals surface area contributed by atoms with Gasteiger partial charge < -0.3 is 10.2 Å². The van der Waals surface area contributed by atoms with Crippen LogP contribution in [0.3, 0.4) is 0 Å². The Kier molecular flexibility index (Phi) is 8.77. The monoisotopic (exact) mass is 789 g/mol. The minimum Gasteiger partial charge on any atom is -0.455 e. The predicted molar refractivity (Wildman–Crippen MR) is 250 cm³/mol. The second kappa shape index (κ2) is 14.7. The number of rotatable bonds is 6. The van der Waals surface area contributed by atoms with Crippen molar-refractivity contribution in [3.8, 4) is 67.4 Å². The molecule has 0 aliphatic heterocycles. The SMILES string of the molecule is NC1C(=NS)C=Cc2c(-c3ccc(-c4cccc(-c5cc(-c6ccc(-c7cccc8c7oc7ccccc78)cc6)nc(-c6ccccc6)n5)c4)cc3)nc3ccccc3c21. The van der Waals surface area contributed by atoms with Crippen LogP contribution in [-0.4, -0.2) is 20.7 Å². The third-order valence-corrected chi connectivity index (χ3v) is 11.7. The first-order valence-electron chi connectivity index (χ1n) is 19.8. The summed E-state index contributed by atoms with van der Waals surface area (Å²) in [6.07, 6.45) is 3.98. The van der Waals surface area contributed by atoms with Crippen molar-refractivity contribution in [3.63, 3.8) is 0 Å². The van der Waals surface area contributed by atoms with Crippen LogP contribution in [-0.2, 0) is 0 Å². The Labute approximate surface area is 352 Å². The molecule has 0 bridgehead atoms. The lowest BCUT2D eigenvalue weighted by Gasteiger charge is -2.23. The van der Waals surface area contributed by atoms with E-state index in [1.807, 2.05) is 60.7 Å². The van der Waals surface area contributed by atoms with Crippen molar-refractivity contribution in [2.24, 2.45) is 10.1 Å². The number of pyridine rings is 1. The maximum Gasteiger partial charge on any atom is 0.160 e. The molecular formula is C53H35N5OS. The molecule has 0 saturated carbocycles. The molecule has 3 heterocycles. The highest BCUT2D eigenvalue weighted by Crippen LogP contribution is 2.40. The second-order valence-electron chi connectivity index (χ2n) is 15.0. The highest BCUT2D eigenvalue weighted by Gasteiger charge is 2.25. The van der Waals surface area contributed by atoms with Crippen molar-refractivity contribution < 1.29 is 4.42 Å². The van der Waals surface area contributed by atoms with Gasteiger partial charge in [-0.25, -0.2) is 19.3 Å². The first-order valence-corrected chi connectivity index (χ1v) is 20.2. The first-order chi connectivity index (χ1) is 29.6. The minimum atomic E-state index is -0.399. The van der Waals surface area contributed by atoms with Crippen LogP contribution in [0.1, 0.15) is 17.2 Å². The minimum absolute atomic E-state index is 0.399. The lowest BCUT2D eigenvalue weighted by atomic mass is 9.86. The molecule has 1 atom stereocenters. The zero-order chi connectivity index (χ0) is 40.2. The smallest absolute Gasteiger partial charge is 0.160 e. The standard InChI is InChI=1S/C53H35N5OS/c54-50-45(58-60)29-28-43-49(50)42-15-4-6-18-44(42)55-51(43)35-26-20-32(21-27-35)37-12-8-13-38(30-37)47-31-46(56-53(57-47)36-10-2-1-3-11-36)34-24-22-33(23-25-34)39-16-9-17-41-40-14-5-7-19-48(40)59-52(39)41/h1-31,50,60H,54H2. The number of nitrogens with two attached hydrogens (primary N) is 1. The topological polar surface area (TPSA) is 90.2 Å². The molecule has 0 spiro atoms. The fourth-order valence-corrected chi connectivity index (χ4v) is 8.62. The molecule has 0 fully saturated rings. The van der Waals surface area contributed by atoms with E-state index in [4.69, 9.17) is 25.1 Å². The first kappa shape index (κ1) is 35.7. The normalized spacial score (nSPS) is 14.3. The average molecular weight is 790 g/mol. The lowest BCUT2D eigenvalue weighted by Crippen LogP contribution is -2.24.